The predicted molar refractivity (Wildman–Crippen MR) is 81.8 cm³/mol. The van der Waals surface area contributed by atoms with Crippen molar-refractivity contribution in [2.45, 2.75) is 33.2 Å². The average Bonchev–Trinajstić information content (AvgIpc) is 2.81. The SMILES string of the molecule is CCO[Si](CCCNc1cncn1C)(OCC)OCC. The van der Waals surface area contributed by atoms with Crippen LogP contribution in [0.25, 0.3) is 0 Å². The molecule has 0 saturated heterocycles. The van der Waals surface area contributed by atoms with Crippen LogP contribution in [0.1, 0.15) is 27.2 Å². The van der Waals surface area contributed by atoms with Gasteiger partial charge < -0.3 is 23.2 Å². The van der Waals surface area contributed by atoms with E-state index in [0.29, 0.717) is 19.8 Å². The smallest absolute Gasteiger partial charge is 0.374 e. The zero-order valence-electron chi connectivity index (χ0n) is 13.0. The molecule has 0 aromatic carbocycles. The van der Waals surface area contributed by atoms with Crippen LogP contribution in [0.15, 0.2) is 12.5 Å². The Kier molecular flexibility index (Phi) is 7.82. The van der Waals surface area contributed by atoms with Gasteiger partial charge in [0.15, 0.2) is 0 Å². The topological polar surface area (TPSA) is 57.5 Å². The summed E-state index contributed by atoms with van der Waals surface area (Å²) < 4.78 is 19.4. The third kappa shape index (κ3) is 5.24. The molecular weight excluding hydrogens is 274 g/mol. The van der Waals surface area contributed by atoms with Crippen LogP contribution in [0.3, 0.4) is 0 Å². The molecule has 0 unspecified atom stereocenters. The summed E-state index contributed by atoms with van der Waals surface area (Å²) >= 11 is 0. The molecular formula is C13H27N3O3Si. The van der Waals surface area contributed by atoms with Crippen LogP contribution >= 0.6 is 0 Å². The molecule has 1 rings (SSSR count). The standard InChI is InChI=1S/C13H27N3O3Si/c1-5-17-20(18-6-2,19-7-3)10-8-9-15-13-11-14-12-16(13)4/h11-12,15H,5-10H2,1-4H3. The minimum absolute atomic E-state index is 0.626. The molecule has 116 valence electrons. The molecule has 0 amide bonds. The summed E-state index contributed by atoms with van der Waals surface area (Å²) in [5, 5.41) is 3.35. The molecule has 0 spiro atoms. The normalized spacial score (nSPS) is 11.8. The first-order valence-electron chi connectivity index (χ1n) is 7.29. The van der Waals surface area contributed by atoms with Gasteiger partial charge in [-0.15, -0.1) is 0 Å². The Hall–Kier alpha value is -0.893. The lowest BCUT2D eigenvalue weighted by atomic mass is 10.5. The first-order chi connectivity index (χ1) is 9.67. The van der Waals surface area contributed by atoms with E-state index in [-0.39, 0.29) is 0 Å². The van der Waals surface area contributed by atoms with E-state index < -0.39 is 8.80 Å². The number of anilines is 1. The van der Waals surface area contributed by atoms with E-state index in [1.807, 2.05) is 38.6 Å². The van der Waals surface area contributed by atoms with Crippen LogP contribution in [0.5, 0.6) is 0 Å². The van der Waals surface area contributed by atoms with Crippen molar-refractivity contribution in [3.8, 4) is 0 Å². The molecule has 0 aliphatic heterocycles. The van der Waals surface area contributed by atoms with E-state index in [1.165, 1.54) is 0 Å². The van der Waals surface area contributed by atoms with Crippen molar-refractivity contribution in [3.05, 3.63) is 12.5 Å². The highest BCUT2D eigenvalue weighted by atomic mass is 28.4. The number of nitrogens with zero attached hydrogens (tertiary/aromatic N) is 2. The second-order valence-corrected chi connectivity index (χ2v) is 7.13. The van der Waals surface area contributed by atoms with E-state index >= 15 is 0 Å². The minimum atomic E-state index is -2.49. The fraction of sp³-hybridized carbons (Fsp3) is 0.769. The number of hydrogen-bond donors (Lipinski definition) is 1. The van der Waals surface area contributed by atoms with Gasteiger partial charge in [-0.1, -0.05) is 0 Å². The molecule has 20 heavy (non-hydrogen) atoms. The largest absolute Gasteiger partial charge is 0.500 e. The highest BCUT2D eigenvalue weighted by Gasteiger charge is 2.39. The zero-order chi connectivity index (χ0) is 14.8. The molecule has 1 aromatic rings. The molecule has 1 aromatic heterocycles. The molecule has 0 radical (unpaired) electrons. The van der Waals surface area contributed by atoms with Crippen LogP contribution < -0.4 is 5.32 Å². The highest BCUT2D eigenvalue weighted by molar-refractivity contribution is 6.60. The molecule has 0 aliphatic rings. The van der Waals surface area contributed by atoms with Crippen molar-refractivity contribution in [1.29, 1.82) is 0 Å². The quantitative estimate of drug-likeness (QED) is 0.502. The number of rotatable bonds is 11. The van der Waals surface area contributed by atoms with Crippen molar-refractivity contribution in [2.24, 2.45) is 7.05 Å². The molecule has 6 nitrogen and oxygen atoms in total. The lowest BCUT2D eigenvalue weighted by Gasteiger charge is -2.28. The van der Waals surface area contributed by atoms with Crippen LogP contribution in [-0.2, 0) is 20.3 Å². The van der Waals surface area contributed by atoms with Crippen LogP contribution in [0.4, 0.5) is 5.82 Å². The van der Waals surface area contributed by atoms with Gasteiger partial charge in [0, 0.05) is 39.5 Å². The van der Waals surface area contributed by atoms with Crippen molar-refractivity contribution in [2.75, 3.05) is 31.7 Å². The Morgan fingerprint density at radius 1 is 1.15 bits per heavy atom. The van der Waals surface area contributed by atoms with Gasteiger partial charge in [0.2, 0.25) is 0 Å². The van der Waals surface area contributed by atoms with Crippen LogP contribution in [0.2, 0.25) is 6.04 Å². The molecule has 0 bridgehead atoms. The zero-order valence-corrected chi connectivity index (χ0v) is 14.0. The van der Waals surface area contributed by atoms with E-state index in [0.717, 1.165) is 24.8 Å². The van der Waals surface area contributed by atoms with Crippen LogP contribution in [-0.4, -0.2) is 44.7 Å². The fourth-order valence-electron chi connectivity index (χ4n) is 2.05. The number of nitrogens with one attached hydrogen (secondary N) is 1. The van der Waals surface area contributed by atoms with Crippen LogP contribution in [0, 0.1) is 0 Å². The fourth-order valence-corrected chi connectivity index (χ4v) is 4.66. The summed E-state index contributed by atoms with van der Waals surface area (Å²) in [4.78, 5) is 4.07. The van der Waals surface area contributed by atoms with Crippen molar-refractivity contribution < 1.29 is 13.3 Å². The maximum Gasteiger partial charge on any atom is 0.500 e. The van der Waals surface area contributed by atoms with Gasteiger partial charge in [0.25, 0.3) is 0 Å². The van der Waals surface area contributed by atoms with Gasteiger partial charge in [-0.2, -0.15) is 0 Å². The minimum Gasteiger partial charge on any atom is -0.374 e. The van der Waals surface area contributed by atoms with Crippen molar-refractivity contribution >= 4 is 14.6 Å². The maximum atomic E-state index is 5.82. The molecule has 7 heteroatoms. The lowest BCUT2D eigenvalue weighted by Crippen LogP contribution is -2.46. The average molecular weight is 301 g/mol. The van der Waals surface area contributed by atoms with Gasteiger partial charge >= 0.3 is 8.80 Å². The summed E-state index contributed by atoms with van der Waals surface area (Å²) in [6.07, 6.45) is 4.54. The molecule has 1 heterocycles. The Labute approximate surface area is 122 Å². The second kappa shape index (κ2) is 9.12. The summed E-state index contributed by atoms with van der Waals surface area (Å²) in [6, 6.07) is 0.827. The van der Waals surface area contributed by atoms with E-state index in [2.05, 4.69) is 10.3 Å². The van der Waals surface area contributed by atoms with Crippen molar-refractivity contribution in [1.82, 2.24) is 9.55 Å². The molecule has 0 aliphatic carbocycles. The van der Waals surface area contributed by atoms with Gasteiger partial charge in [0.05, 0.1) is 12.5 Å². The number of imidazole rings is 1. The Morgan fingerprint density at radius 3 is 2.20 bits per heavy atom. The first-order valence-corrected chi connectivity index (χ1v) is 9.22. The molecule has 1 N–H and O–H groups in total. The summed E-state index contributed by atoms with van der Waals surface area (Å²) in [7, 11) is -0.526. The van der Waals surface area contributed by atoms with Crippen molar-refractivity contribution in [3.63, 3.8) is 0 Å². The van der Waals surface area contributed by atoms with E-state index in [1.54, 1.807) is 6.33 Å². The van der Waals surface area contributed by atoms with Gasteiger partial charge in [-0.25, -0.2) is 4.98 Å². The highest BCUT2D eigenvalue weighted by Crippen LogP contribution is 2.18. The summed E-state index contributed by atoms with van der Waals surface area (Å²) in [5.41, 5.74) is 0. The Bertz CT molecular complexity index is 356. The van der Waals surface area contributed by atoms with Gasteiger partial charge in [-0.05, 0) is 27.2 Å². The second-order valence-electron chi connectivity index (χ2n) is 4.40. The summed E-state index contributed by atoms with van der Waals surface area (Å²) in [6.45, 7) is 8.67. The third-order valence-corrected chi connectivity index (χ3v) is 6.03. The first kappa shape index (κ1) is 17.2. The molecule has 0 saturated carbocycles. The van der Waals surface area contributed by atoms with E-state index in [4.69, 9.17) is 13.3 Å². The summed E-state index contributed by atoms with van der Waals surface area (Å²) in [5.74, 6) is 1.02. The molecule has 0 atom stereocenters. The molecule has 0 fully saturated rings. The lowest BCUT2D eigenvalue weighted by molar-refractivity contribution is 0.0710. The predicted octanol–water partition coefficient (Wildman–Crippen LogP) is 2.27. The third-order valence-electron chi connectivity index (χ3n) is 2.88. The number of aromatic nitrogens is 2. The van der Waals surface area contributed by atoms with E-state index in [9.17, 15) is 0 Å². The maximum absolute atomic E-state index is 5.82. The Balaban J connectivity index is 2.42. The number of hydrogen-bond acceptors (Lipinski definition) is 5. The number of aryl methyl sites for hydroxylation is 1. The monoisotopic (exact) mass is 301 g/mol. The van der Waals surface area contributed by atoms with Gasteiger partial charge in [-0.3, -0.25) is 0 Å². The van der Waals surface area contributed by atoms with Gasteiger partial charge in [0.1, 0.15) is 5.82 Å². The Morgan fingerprint density at radius 2 is 1.75 bits per heavy atom.